The second-order valence-corrected chi connectivity index (χ2v) is 7.00. The van der Waals surface area contributed by atoms with Crippen LogP contribution in [-0.2, 0) is 16.1 Å². The smallest absolute Gasteiger partial charge is 0.307 e. The van der Waals surface area contributed by atoms with Gasteiger partial charge in [0.25, 0.3) is 5.56 Å². The van der Waals surface area contributed by atoms with Crippen molar-refractivity contribution in [1.82, 2.24) is 15.0 Å². The highest BCUT2D eigenvalue weighted by Crippen LogP contribution is 2.48. The Bertz CT molecular complexity index is 817. The summed E-state index contributed by atoms with van der Waals surface area (Å²) >= 11 is 0. The average Bonchev–Trinajstić information content (AvgIpc) is 3.22. The maximum Gasteiger partial charge on any atom is 0.307 e. The van der Waals surface area contributed by atoms with E-state index in [1.165, 1.54) is 30.4 Å². The van der Waals surface area contributed by atoms with Crippen LogP contribution in [0.5, 0.6) is 0 Å². The van der Waals surface area contributed by atoms with E-state index < -0.39 is 0 Å². The van der Waals surface area contributed by atoms with Crippen molar-refractivity contribution in [3.8, 4) is 0 Å². The molecular formula is C18H21N3O3. The number of nitrogens with zero attached hydrogens (tertiary/aromatic N) is 3. The van der Waals surface area contributed by atoms with E-state index in [0.717, 1.165) is 11.8 Å². The van der Waals surface area contributed by atoms with E-state index in [1.807, 2.05) is 6.07 Å². The molecule has 1 aromatic heterocycles. The van der Waals surface area contributed by atoms with Gasteiger partial charge < -0.3 is 4.74 Å². The first-order chi connectivity index (χ1) is 11.7. The summed E-state index contributed by atoms with van der Waals surface area (Å²) in [5.41, 5.74) is 0.346. The zero-order valence-electron chi connectivity index (χ0n) is 13.6. The lowest BCUT2D eigenvalue weighted by Gasteiger charge is -2.21. The first-order valence-electron chi connectivity index (χ1n) is 8.69. The molecule has 2 bridgehead atoms. The van der Waals surface area contributed by atoms with Crippen molar-refractivity contribution in [3.05, 3.63) is 34.6 Å². The van der Waals surface area contributed by atoms with Crippen LogP contribution in [0.1, 0.15) is 32.1 Å². The molecule has 2 fully saturated rings. The average molecular weight is 327 g/mol. The summed E-state index contributed by atoms with van der Waals surface area (Å²) in [6.07, 6.45) is 5.29. The zero-order valence-corrected chi connectivity index (χ0v) is 13.6. The molecule has 24 heavy (non-hydrogen) atoms. The largest absolute Gasteiger partial charge is 0.465 e. The van der Waals surface area contributed by atoms with E-state index in [2.05, 4.69) is 10.3 Å². The highest BCUT2D eigenvalue weighted by Gasteiger charge is 2.39. The van der Waals surface area contributed by atoms with Gasteiger partial charge in [-0.25, -0.2) is 4.68 Å². The van der Waals surface area contributed by atoms with Gasteiger partial charge in [-0.3, -0.25) is 9.59 Å². The van der Waals surface area contributed by atoms with Gasteiger partial charge in [-0.1, -0.05) is 23.8 Å². The lowest BCUT2D eigenvalue weighted by atomic mass is 9.90. The molecule has 3 atom stereocenters. The molecule has 1 heterocycles. The van der Waals surface area contributed by atoms with Gasteiger partial charge in [0.15, 0.2) is 0 Å². The SMILES string of the molecule is O=C(CCn1nnc2ccccc2c1=O)OC[C@H]1C[C@H]2CC[C@H]1C2. The van der Waals surface area contributed by atoms with Crippen LogP contribution in [0.2, 0.25) is 0 Å². The Morgan fingerprint density at radius 1 is 1.25 bits per heavy atom. The lowest BCUT2D eigenvalue weighted by Crippen LogP contribution is -2.26. The molecule has 2 aromatic rings. The molecule has 0 spiro atoms. The molecule has 6 heteroatoms. The van der Waals surface area contributed by atoms with E-state index >= 15 is 0 Å². The molecule has 0 amide bonds. The number of carbonyl (C=O) groups is 1. The molecule has 4 rings (SSSR count). The Hall–Kier alpha value is -2.24. The van der Waals surface area contributed by atoms with E-state index in [4.69, 9.17) is 4.74 Å². The molecule has 0 unspecified atom stereocenters. The summed E-state index contributed by atoms with van der Waals surface area (Å²) in [4.78, 5) is 24.3. The number of carbonyl (C=O) groups excluding carboxylic acids is 1. The topological polar surface area (TPSA) is 74.1 Å². The van der Waals surface area contributed by atoms with Gasteiger partial charge in [0.2, 0.25) is 0 Å². The van der Waals surface area contributed by atoms with Crippen LogP contribution >= 0.6 is 0 Å². The number of hydrogen-bond acceptors (Lipinski definition) is 5. The molecule has 0 N–H and O–H groups in total. The van der Waals surface area contributed by atoms with Crippen LogP contribution < -0.4 is 5.56 Å². The van der Waals surface area contributed by atoms with Crippen molar-refractivity contribution in [1.29, 1.82) is 0 Å². The summed E-state index contributed by atoms with van der Waals surface area (Å²) in [5, 5.41) is 8.43. The predicted molar refractivity (Wildman–Crippen MR) is 88.3 cm³/mol. The number of rotatable bonds is 5. The molecule has 0 aliphatic heterocycles. The van der Waals surface area contributed by atoms with Crippen LogP contribution in [0, 0.1) is 17.8 Å². The molecule has 2 saturated carbocycles. The number of esters is 1. The molecule has 126 valence electrons. The van der Waals surface area contributed by atoms with Gasteiger partial charge in [-0.2, -0.15) is 0 Å². The predicted octanol–water partition coefficient (Wildman–Crippen LogP) is 2.16. The van der Waals surface area contributed by atoms with E-state index in [1.54, 1.807) is 18.2 Å². The molecule has 0 radical (unpaired) electrons. The van der Waals surface area contributed by atoms with Gasteiger partial charge >= 0.3 is 5.97 Å². The summed E-state index contributed by atoms with van der Waals surface area (Å²) < 4.78 is 6.66. The van der Waals surface area contributed by atoms with E-state index in [0.29, 0.717) is 23.4 Å². The summed E-state index contributed by atoms with van der Waals surface area (Å²) in [6, 6.07) is 7.07. The van der Waals surface area contributed by atoms with Crippen molar-refractivity contribution in [3.63, 3.8) is 0 Å². The summed E-state index contributed by atoms with van der Waals surface area (Å²) in [6.45, 7) is 0.727. The van der Waals surface area contributed by atoms with E-state index in [-0.39, 0.29) is 24.5 Å². The number of fused-ring (bicyclic) bond motifs is 3. The minimum atomic E-state index is -0.264. The Labute approximate surface area is 139 Å². The van der Waals surface area contributed by atoms with Gasteiger partial charge in [0, 0.05) is 0 Å². The van der Waals surface area contributed by atoms with Gasteiger partial charge in [-0.15, -0.1) is 5.10 Å². The maximum atomic E-state index is 12.3. The summed E-state index contributed by atoms with van der Waals surface area (Å²) in [5.74, 6) is 1.87. The minimum absolute atomic E-state index is 0.147. The molecule has 6 nitrogen and oxygen atoms in total. The van der Waals surface area contributed by atoms with Crippen molar-refractivity contribution >= 4 is 16.9 Å². The minimum Gasteiger partial charge on any atom is -0.465 e. The number of benzene rings is 1. The fourth-order valence-corrected chi connectivity index (χ4v) is 4.22. The first-order valence-corrected chi connectivity index (χ1v) is 8.69. The standard InChI is InChI=1S/C18H21N3O3/c22-17(24-11-14-10-12-5-6-13(14)9-12)7-8-21-18(23)15-3-1-2-4-16(15)19-20-21/h1-4,12-14H,5-11H2/t12-,13-,14+/m0/s1. The highest BCUT2D eigenvalue weighted by atomic mass is 16.5. The number of hydrogen-bond donors (Lipinski definition) is 0. The fourth-order valence-electron chi connectivity index (χ4n) is 4.22. The van der Waals surface area contributed by atoms with Crippen molar-refractivity contribution in [2.75, 3.05) is 6.61 Å². The van der Waals surface area contributed by atoms with Crippen LogP contribution in [0.4, 0.5) is 0 Å². The molecule has 2 aliphatic rings. The number of aryl methyl sites for hydroxylation is 1. The van der Waals surface area contributed by atoms with Gasteiger partial charge in [-0.05, 0) is 49.1 Å². The molecule has 0 saturated heterocycles. The van der Waals surface area contributed by atoms with Crippen molar-refractivity contribution in [2.24, 2.45) is 17.8 Å². The summed E-state index contributed by atoms with van der Waals surface area (Å²) in [7, 11) is 0. The molecular weight excluding hydrogens is 306 g/mol. The third kappa shape index (κ3) is 2.92. The Kier molecular flexibility index (Phi) is 4.04. The third-order valence-electron chi connectivity index (χ3n) is 5.50. The number of ether oxygens (including phenoxy) is 1. The van der Waals surface area contributed by atoms with E-state index in [9.17, 15) is 9.59 Å². The van der Waals surface area contributed by atoms with Crippen LogP contribution in [0.25, 0.3) is 10.9 Å². The van der Waals surface area contributed by atoms with Crippen molar-refractivity contribution in [2.45, 2.75) is 38.6 Å². The van der Waals surface area contributed by atoms with Crippen LogP contribution in [0.15, 0.2) is 29.1 Å². The van der Waals surface area contributed by atoms with Gasteiger partial charge in [0.1, 0.15) is 5.52 Å². The maximum absolute atomic E-state index is 12.3. The Balaban J connectivity index is 1.32. The molecule has 2 aliphatic carbocycles. The van der Waals surface area contributed by atoms with Gasteiger partial charge in [0.05, 0.1) is 25.0 Å². The first kappa shape index (κ1) is 15.3. The quantitative estimate of drug-likeness (QED) is 0.787. The Morgan fingerprint density at radius 2 is 2.12 bits per heavy atom. The van der Waals surface area contributed by atoms with Crippen LogP contribution in [0.3, 0.4) is 0 Å². The van der Waals surface area contributed by atoms with Crippen molar-refractivity contribution < 1.29 is 9.53 Å². The fraction of sp³-hybridized carbons (Fsp3) is 0.556. The highest BCUT2D eigenvalue weighted by molar-refractivity contribution is 5.76. The second kappa shape index (κ2) is 6.34. The van der Waals surface area contributed by atoms with Crippen LogP contribution in [-0.4, -0.2) is 27.6 Å². The zero-order chi connectivity index (χ0) is 16.5. The molecule has 1 aromatic carbocycles. The monoisotopic (exact) mass is 327 g/mol. The normalized spacial score (nSPS) is 25.2. The lowest BCUT2D eigenvalue weighted by molar-refractivity contribution is -0.145. The Morgan fingerprint density at radius 3 is 2.92 bits per heavy atom. The third-order valence-corrected chi connectivity index (χ3v) is 5.50. The number of aromatic nitrogens is 3. The second-order valence-electron chi connectivity index (χ2n) is 7.00.